The van der Waals surface area contributed by atoms with E-state index in [1.165, 1.54) is 12.1 Å². The van der Waals surface area contributed by atoms with E-state index < -0.39 is 0 Å². The van der Waals surface area contributed by atoms with Crippen molar-refractivity contribution in [2.45, 2.75) is 6.54 Å². The summed E-state index contributed by atoms with van der Waals surface area (Å²) in [7, 11) is 0. The van der Waals surface area contributed by atoms with Crippen LogP contribution >= 0.6 is 0 Å². The lowest BCUT2D eigenvalue weighted by Gasteiger charge is -2.02. The molecule has 0 saturated carbocycles. The highest BCUT2D eigenvalue weighted by molar-refractivity contribution is 5.63. The van der Waals surface area contributed by atoms with E-state index in [9.17, 15) is 4.39 Å². The lowest BCUT2D eigenvalue weighted by molar-refractivity contribution is 0.626. The highest BCUT2D eigenvalue weighted by Crippen LogP contribution is 2.22. The number of hydrogen-bond acceptors (Lipinski definition) is 3. The molecule has 0 amide bonds. The summed E-state index contributed by atoms with van der Waals surface area (Å²) >= 11 is 0. The Morgan fingerprint density at radius 2 is 2.05 bits per heavy atom. The third kappa shape index (κ3) is 2.44. The van der Waals surface area contributed by atoms with Crippen LogP contribution in [0.15, 0.2) is 55.0 Å². The molecule has 3 aromatic rings. The van der Waals surface area contributed by atoms with Gasteiger partial charge in [0.25, 0.3) is 0 Å². The number of hydrogen-bond donors (Lipinski definition) is 1. The quantitative estimate of drug-likeness (QED) is 0.794. The van der Waals surface area contributed by atoms with Crippen molar-refractivity contribution in [2.75, 3.05) is 0 Å². The second kappa shape index (κ2) is 5.22. The molecule has 5 heteroatoms. The van der Waals surface area contributed by atoms with Crippen LogP contribution in [0.2, 0.25) is 0 Å². The molecule has 20 heavy (non-hydrogen) atoms. The average molecular weight is 268 g/mol. The molecule has 0 atom stereocenters. The van der Waals surface area contributed by atoms with E-state index in [-0.39, 0.29) is 5.82 Å². The molecular weight excluding hydrogens is 255 g/mol. The topological polar surface area (TPSA) is 56.7 Å². The molecule has 0 aliphatic heterocycles. The Balaban J connectivity index is 2.00. The first-order valence-corrected chi connectivity index (χ1v) is 6.22. The maximum Gasteiger partial charge on any atom is 0.153 e. The van der Waals surface area contributed by atoms with Gasteiger partial charge in [-0.1, -0.05) is 6.07 Å². The van der Waals surface area contributed by atoms with Gasteiger partial charge < -0.3 is 5.73 Å². The number of nitrogens with zero attached hydrogens (tertiary/aromatic N) is 3. The van der Waals surface area contributed by atoms with E-state index in [0.29, 0.717) is 12.4 Å². The van der Waals surface area contributed by atoms with Crippen molar-refractivity contribution >= 4 is 0 Å². The van der Waals surface area contributed by atoms with Crippen molar-refractivity contribution in [3.8, 4) is 16.9 Å². The molecule has 0 bridgehead atoms. The van der Waals surface area contributed by atoms with Gasteiger partial charge in [0.1, 0.15) is 5.82 Å². The number of benzene rings is 1. The third-order valence-corrected chi connectivity index (χ3v) is 2.99. The van der Waals surface area contributed by atoms with Crippen LogP contribution in [0.3, 0.4) is 0 Å². The summed E-state index contributed by atoms with van der Waals surface area (Å²) in [5.74, 6) is 0.419. The summed E-state index contributed by atoms with van der Waals surface area (Å²) in [6.07, 6.45) is 5.20. The van der Waals surface area contributed by atoms with Gasteiger partial charge in [0.2, 0.25) is 0 Å². The molecule has 0 fully saturated rings. The summed E-state index contributed by atoms with van der Waals surface area (Å²) in [6, 6.07) is 10.4. The monoisotopic (exact) mass is 268 g/mol. The van der Waals surface area contributed by atoms with Crippen LogP contribution in [0.25, 0.3) is 16.9 Å². The van der Waals surface area contributed by atoms with E-state index in [2.05, 4.69) is 10.1 Å². The zero-order chi connectivity index (χ0) is 13.9. The van der Waals surface area contributed by atoms with Crippen LogP contribution in [0, 0.1) is 5.82 Å². The smallest absolute Gasteiger partial charge is 0.153 e. The predicted molar refractivity (Wildman–Crippen MR) is 74.6 cm³/mol. The largest absolute Gasteiger partial charge is 0.326 e. The van der Waals surface area contributed by atoms with E-state index in [4.69, 9.17) is 5.73 Å². The van der Waals surface area contributed by atoms with Crippen molar-refractivity contribution in [1.82, 2.24) is 14.8 Å². The van der Waals surface area contributed by atoms with Crippen molar-refractivity contribution in [1.29, 1.82) is 0 Å². The van der Waals surface area contributed by atoms with E-state index in [0.717, 1.165) is 16.7 Å². The minimum absolute atomic E-state index is 0.298. The minimum Gasteiger partial charge on any atom is -0.326 e. The molecule has 100 valence electrons. The highest BCUT2D eigenvalue weighted by Gasteiger charge is 2.06. The molecule has 0 unspecified atom stereocenters. The molecule has 4 nitrogen and oxygen atoms in total. The van der Waals surface area contributed by atoms with Gasteiger partial charge in [0.15, 0.2) is 5.82 Å². The van der Waals surface area contributed by atoms with Gasteiger partial charge in [0, 0.05) is 24.5 Å². The molecule has 2 N–H and O–H groups in total. The van der Waals surface area contributed by atoms with Crippen LogP contribution in [-0.2, 0) is 6.54 Å². The number of rotatable bonds is 3. The van der Waals surface area contributed by atoms with Crippen molar-refractivity contribution in [3.63, 3.8) is 0 Å². The summed E-state index contributed by atoms with van der Waals surface area (Å²) < 4.78 is 15.2. The summed E-state index contributed by atoms with van der Waals surface area (Å²) in [4.78, 5) is 4.21. The highest BCUT2D eigenvalue weighted by atomic mass is 19.1. The van der Waals surface area contributed by atoms with Gasteiger partial charge in [-0.25, -0.2) is 14.1 Å². The van der Waals surface area contributed by atoms with Crippen molar-refractivity contribution in [2.24, 2.45) is 5.73 Å². The SMILES string of the molecule is NCc1cc(F)cc(-c2cnn(-c3ccccn3)c2)c1. The Labute approximate surface area is 115 Å². The lowest BCUT2D eigenvalue weighted by atomic mass is 10.1. The Hall–Kier alpha value is -2.53. The summed E-state index contributed by atoms with van der Waals surface area (Å²) in [5.41, 5.74) is 7.90. The molecule has 0 aliphatic rings. The molecular formula is C15H13FN4. The molecule has 1 aromatic carbocycles. The number of pyridine rings is 1. The predicted octanol–water partition coefficient (Wildman–Crippen LogP) is 2.53. The van der Waals surface area contributed by atoms with Crippen molar-refractivity contribution in [3.05, 3.63) is 66.4 Å². The molecule has 0 saturated heterocycles. The fourth-order valence-corrected chi connectivity index (χ4v) is 2.02. The number of nitrogens with two attached hydrogens (primary N) is 1. The van der Waals surface area contributed by atoms with Crippen LogP contribution in [0.4, 0.5) is 4.39 Å². The van der Waals surface area contributed by atoms with Crippen LogP contribution in [0.5, 0.6) is 0 Å². The van der Waals surface area contributed by atoms with E-state index in [1.54, 1.807) is 17.1 Å². The van der Waals surface area contributed by atoms with Crippen LogP contribution in [0.1, 0.15) is 5.56 Å². The zero-order valence-electron chi connectivity index (χ0n) is 10.7. The third-order valence-electron chi connectivity index (χ3n) is 2.99. The molecule has 0 spiro atoms. The fraction of sp³-hybridized carbons (Fsp3) is 0.0667. The van der Waals surface area contributed by atoms with Gasteiger partial charge >= 0.3 is 0 Å². The fourth-order valence-electron chi connectivity index (χ4n) is 2.02. The Bertz CT molecular complexity index is 722. The standard InChI is InChI=1S/C15H13FN4/c16-14-6-11(8-17)5-12(7-14)13-9-19-20(10-13)15-3-1-2-4-18-15/h1-7,9-10H,8,17H2. The summed E-state index contributed by atoms with van der Waals surface area (Å²) in [6.45, 7) is 0.305. The normalized spacial score (nSPS) is 10.7. The first-order valence-electron chi connectivity index (χ1n) is 6.22. The molecule has 0 aliphatic carbocycles. The summed E-state index contributed by atoms with van der Waals surface area (Å²) in [5, 5.41) is 4.25. The first kappa shape index (κ1) is 12.5. The second-order valence-corrected chi connectivity index (χ2v) is 4.41. The zero-order valence-corrected chi connectivity index (χ0v) is 10.7. The first-order chi connectivity index (χ1) is 9.76. The average Bonchev–Trinajstić information content (AvgIpc) is 2.97. The van der Waals surface area contributed by atoms with Gasteiger partial charge in [0.05, 0.1) is 6.20 Å². The molecule has 2 aromatic heterocycles. The van der Waals surface area contributed by atoms with Gasteiger partial charge in [-0.15, -0.1) is 0 Å². The molecule has 2 heterocycles. The number of halogens is 1. The van der Waals surface area contributed by atoms with Crippen LogP contribution < -0.4 is 5.73 Å². The van der Waals surface area contributed by atoms with Crippen molar-refractivity contribution < 1.29 is 4.39 Å². The van der Waals surface area contributed by atoms with E-state index in [1.807, 2.05) is 30.5 Å². The Morgan fingerprint density at radius 1 is 1.15 bits per heavy atom. The Kier molecular flexibility index (Phi) is 3.26. The second-order valence-electron chi connectivity index (χ2n) is 4.41. The minimum atomic E-state index is -0.298. The van der Waals surface area contributed by atoms with Gasteiger partial charge in [-0.05, 0) is 41.5 Å². The van der Waals surface area contributed by atoms with Gasteiger partial charge in [-0.2, -0.15) is 5.10 Å². The molecule has 3 rings (SSSR count). The van der Waals surface area contributed by atoms with Crippen LogP contribution in [-0.4, -0.2) is 14.8 Å². The lowest BCUT2D eigenvalue weighted by Crippen LogP contribution is -1.97. The Morgan fingerprint density at radius 3 is 2.80 bits per heavy atom. The van der Waals surface area contributed by atoms with E-state index >= 15 is 0 Å². The maximum absolute atomic E-state index is 13.5. The molecule has 0 radical (unpaired) electrons. The van der Waals surface area contributed by atoms with Gasteiger partial charge in [-0.3, -0.25) is 0 Å². The number of aromatic nitrogens is 3. The maximum atomic E-state index is 13.5.